The van der Waals surface area contributed by atoms with Crippen LogP contribution in [0.25, 0.3) is 0 Å². The molecule has 2 unspecified atom stereocenters. The zero-order chi connectivity index (χ0) is 12.8. The minimum absolute atomic E-state index is 0.0806. The Balaban J connectivity index is 1.89. The number of rotatable bonds is 6. The third-order valence-corrected chi connectivity index (χ3v) is 3.28. The summed E-state index contributed by atoms with van der Waals surface area (Å²) in [6, 6.07) is 9.35. The number of carbonyl (C=O) groups is 1. The highest BCUT2D eigenvalue weighted by Crippen LogP contribution is 2.16. The largest absolute Gasteiger partial charge is 0.381 e. The number of carbonyl (C=O) groups excluding carboxylic acids is 1. The lowest BCUT2D eigenvalue weighted by atomic mass is 10.0. The predicted octanol–water partition coefficient (Wildman–Crippen LogP) is 2.70. The third-order valence-electron chi connectivity index (χ3n) is 3.28. The van der Waals surface area contributed by atoms with E-state index < -0.39 is 0 Å². The highest BCUT2D eigenvalue weighted by molar-refractivity contribution is 5.99. The highest BCUT2D eigenvalue weighted by Gasteiger charge is 2.22. The topological polar surface area (TPSA) is 35.5 Å². The lowest BCUT2D eigenvalue weighted by Gasteiger charge is -2.17. The molecule has 0 amide bonds. The quantitative estimate of drug-likeness (QED) is 0.726. The van der Waals surface area contributed by atoms with Crippen molar-refractivity contribution in [3.8, 4) is 0 Å². The van der Waals surface area contributed by atoms with Gasteiger partial charge >= 0.3 is 0 Å². The molecule has 0 radical (unpaired) electrons. The van der Waals surface area contributed by atoms with Gasteiger partial charge in [0, 0.05) is 18.1 Å². The molecule has 0 spiro atoms. The summed E-state index contributed by atoms with van der Waals surface area (Å²) >= 11 is 0. The van der Waals surface area contributed by atoms with Gasteiger partial charge in [-0.3, -0.25) is 4.79 Å². The Hall–Kier alpha value is -1.19. The molecule has 98 valence electrons. The van der Waals surface area contributed by atoms with E-state index in [4.69, 9.17) is 9.47 Å². The molecular formula is C15H20O3. The molecule has 1 fully saturated rings. The maximum atomic E-state index is 12.2. The monoisotopic (exact) mass is 248 g/mol. The average Bonchev–Trinajstić information content (AvgIpc) is 2.93. The van der Waals surface area contributed by atoms with Crippen LogP contribution in [-0.4, -0.2) is 31.7 Å². The first kappa shape index (κ1) is 13.2. The van der Waals surface area contributed by atoms with Crippen LogP contribution < -0.4 is 0 Å². The van der Waals surface area contributed by atoms with Crippen molar-refractivity contribution >= 4 is 5.78 Å². The summed E-state index contributed by atoms with van der Waals surface area (Å²) in [5, 5.41) is 0. The lowest BCUT2D eigenvalue weighted by molar-refractivity contribution is 0.0238. The van der Waals surface area contributed by atoms with E-state index in [1.54, 1.807) is 0 Å². The molecule has 18 heavy (non-hydrogen) atoms. The van der Waals surface area contributed by atoms with Gasteiger partial charge in [0.2, 0.25) is 0 Å². The van der Waals surface area contributed by atoms with Crippen molar-refractivity contribution in [1.82, 2.24) is 0 Å². The second kappa shape index (κ2) is 6.66. The molecule has 0 aromatic heterocycles. The van der Waals surface area contributed by atoms with Crippen molar-refractivity contribution < 1.29 is 14.3 Å². The van der Waals surface area contributed by atoms with E-state index in [0.29, 0.717) is 18.9 Å². The van der Waals surface area contributed by atoms with Gasteiger partial charge < -0.3 is 9.47 Å². The molecule has 2 rings (SSSR count). The minimum atomic E-state index is -0.326. The van der Waals surface area contributed by atoms with Gasteiger partial charge in [-0.1, -0.05) is 37.3 Å². The zero-order valence-corrected chi connectivity index (χ0v) is 10.8. The summed E-state index contributed by atoms with van der Waals surface area (Å²) in [5.74, 6) is 0.527. The Morgan fingerprint density at radius 3 is 2.83 bits per heavy atom. The van der Waals surface area contributed by atoms with Gasteiger partial charge in [0.25, 0.3) is 0 Å². The van der Waals surface area contributed by atoms with Crippen molar-refractivity contribution in [2.75, 3.05) is 19.8 Å². The number of hydrogen-bond acceptors (Lipinski definition) is 3. The van der Waals surface area contributed by atoms with Crippen molar-refractivity contribution in [1.29, 1.82) is 0 Å². The Morgan fingerprint density at radius 2 is 2.22 bits per heavy atom. The molecule has 1 aliphatic rings. The summed E-state index contributed by atoms with van der Waals surface area (Å²) in [4.78, 5) is 12.2. The van der Waals surface area contributed by atoms with Crippen LogP contribution in [0.1, 0.15) is 30.1 Å². The molecule has 1 heterocycles. The van der Waals surface area contributed by atoms with Crippen LogP contribution >= 0.6 is 0 Å². The van der Waals surface area contributed by atoms with E-state index in [-0.39, 0.29) is 11.9 Å². The SMILES string of the molecule is CCC(OCC1CCOC1)C(=O)c1ccccc1. The van der Waals surface area contributed by atoms with E-state index in [2.05, 4.69) is 0 Å². The molecule has 0 saturated carbocycles. The number of hydrogen-bond donors (Lipinski definition) is 0. The van der Waals surface area contributed by atoms with E-state index in [9.17, 15) is 4.79 Å². The fraction of sp³-hybridized carbons (Fsp3) is 0.533. The van der Waals surface area contributed by atoms with Gasteiger partial charge in [-0.15, -0.1) is 0 Å². The zero-order valence-electron chi connectivity index (χ0n) is 10.8. The molecule has 0 aliphatic carbocycles. The molecular weight excluding hydrogens is 228 g/mol. The second-order valence-electron chi connectivity index (χ2n) is 4.69. The summed E-state index contributed by atoms with van der Waals surface area (Å²) < 4.78 is 11.1. The molecule has 1 aromatic carbocycles. The maximum Gasteiger partial charge on any atom is 0.191 e. The highest BCUT2D eigenvalue weighted by atomic mass is 16.5. The van der Waals surface area contributed by atoms with Crippen molar-refractivity contribution in [2.24, 2.45) is 5.92 Å². The van der Waals surface area contributed by atoms with E-state index in [1.165, 1.54) is 0 Å². The molecule has 1 saturated heterocycles. The van der Waals surface area contributed by atoms with Gasteiger partial charge in [-0.2, -0.15) is 0 Å². The number of ether oxygens (including phenoxy) is 2. The van der Waals surface area contributed by atoms with Gasteiger partial charge in [0.15, 0.2) is 5.78 Å². The molecule has 3 nitrogen and oxygen atoms in total. The fourth-order valence-electron chi connectivity index (χ4n) is 2.13. The van der Waals surface area contributed by atoms with Crippen molar-refractivity contribution in [3.63, 3.8) is 0 Å². The minimum Gasteiger partial charge on any atom is -0.381 e. The summed E-state index contributed by atoms with van der Waals surface area (Å²) in [5.41, 5.74) is 0.729. The summed E-state index contributed by atoms with van der Waals surface area (Å²) in [6.07, 6.45) is 1.42. The molecule has 0 N–H and O–H groups in total. The van der Waals surface area contributed by atoms with E-state index in [0.717, 1.165) is 25.2 Å². The van der Waals surface area contributed by atoms with E-state index >= 15 is 0 Å². The molecule has 1 aromatic rings. The molecule has 3 heteroatoms. The van der Waals surface area contributed by atoms with Gasteiger partial charge in [-0.25, -0.2) is 0 Å². The Morgan fingerprint density at radius 1 is 1.44 bits per heavy atom. The standard InChI is InChI=1S/C15H20O3/c1-2-14(18-11-12-8-9-17-10-12)15(16)13-6-4-3-5-7-13/h3-7,12,14H,2,8-11H2,1H3. The van der Waals surface area contributed by atoms with Crippen molar-refractivity contribution in [3.05, 3.63) is 35.9 Å². The average molecular weight is 248 g/mol. The number of Topliss-reactive ketones (excluding diaryl/α,β-unsaturated/α-hetero) is 1. The predicted molar refractivity (Wildman–Crippen MR) is 69.7 cm³/mol. The van der Waals surface area contributed by atoms with E-state index in [1.807, 2.05) is 37.3 Å². The Bertz CT molecular complexity index is 369. The van der Waals surface area contributed by atoms with Crippen LogP contribution in [0.4, 0.5) is 0 Å². The molecule has 1 aliphatic heterocycles. The smallest absolute Gasteiger partial charge is 0.191 e. The first-order valence-electron chi connectivity index (χ1n) is 6.60. The van der Waals surface area contributed by atoms with Crippen LogP contribution in [0.15, 0.2) is 30.3 Å². The Kier molecular flexibility index (Phi) is 4.90. The third kappa shape index (κ3) is 3.40. The van der Waals surface area contributed by atoms with Crippen LogP contribution in [0.5, 0.6) is 0 Å². The number of benzene rings is 1. The van der Waals surface area contributed by atoms with Crippen LogP contribution in [-0.2, 0) is 9.47 Å². The fourth-order valence-corrected chi connectivity index (χ4v) is 2.13. The van der Waals surface area contributed by atoms with Gasteiger partial charge in [0.05, 0.1) is 13.2 Å². The van der Waals surface area contributed by atoms with Crippen LogP contribution in [0, 0.1) is 5.92 Å². The second-order valence-corrected chi connectivity index (χ2v) is 4.69. The van der Waals surface area contributed by atoms with Gasteiger partial charge in [0.1, 0.15) is 6.10 Å². The first-order valence-corrected chi connectivity index (χ1v) is 6.60. The molecule has 2 atom stereocenters. The summed E-state index contributed by atoms with van der Waals surface area (Å²) in [6.45, 7) is 4.18. The van der Waals surface area contributed by atoms with Crippen LogP contribution in [0.3, 0.4) is 0 Å². The number of ketones is 1. The van der Waals surface area contributed by atoms with Gasteiger partial charge in [-0.05, 0) is 12.8 Å². The lowest BCUT2D eigenvalue weighted by Crippen LogP contribution is -2.26. The Labute approximate surface area is 108 Å². The first-order chi connectivity index (χ1) is 8.81. The van der Waals surface area contributed by atoms with Crippen LogP contribution in [0.2, 0.25) is 0 Å². The normalized spacial score (nSPS) is 20.8. The summed E-state index contributed by atoms with van der Waals surface area (Å²) in [7, 11) is 0. The molecule has 0 bridgehead atoms. The van der Waals surface area contributed by atoms with Crippen molar-refractivity contribution in [2.45, 2.75) is 25.9 Å². The maximum absolute atomic E-state index is 12.2.